The van der Waals surface area contributed by atoms with Gasteiger partial charge < -0.3 is 14.8 Å². The topological polar surface area (TPSA) is 64.6 Å². The molecular weight excluding hydrogens is 446 g/mol. The monoisotopic (exact) mass is 477 g/mol. The third-order valence-electron chi connectivity index (χ3n) is 6.02. The van der Waals surface area contributed by atoms with Crippen molar-refractivity contribution in [3.8, 4) is 5.75 Å². The van der Waals surface area contributed by atoms with Gasteiger partial charge in [-0.05, 0) is 80.7 Å². The van der Waals surface area contributed by atoms with Crippen LogP contribution in [-0.4, -0.2) is 24.6 Å². The predicted octanol–water partition coefficient (Wildman–Crippen LogP) is 6.44. The Kier molecular flexibility index (Phi) is 7.56. The quantitative estimate of drug-likeness (QED) is 0.486. The van der Waals surface area contributed by atoms with E-state index in [2.05, 4.69) is 26.1 Å². The number of carbonyl (C=O) groups excluding carboxylic acids is 2. The molecule has 1 N–H and O–H groups in total. The lowest BCUT2D eigenvalue weighted by molar-refractivity contribution is -0.122. The van der Waals surface area contributed by atoms with Gasteiger partial charge in [0.1, 0.15) is 10.8 Å². The standard InChI is InChI=1S/C25H32ClNO4S/c1-7-30-24(29)21-18-10-8-16(25(4,5)6)13-20(18)32-23(21)27-22(28)15(3)31-19-11-9-17(26)12-14(19)2/h9,11-12,15-16H,7-8,10,13H2,1-6H3,(H,27,28)/t15-,16-/m1/s1. The van der Waals surface area contributed by atoms with Crippen LogP contribution >= 0.6 is 22.9 Å². The number of esters is 1. The van der Waals surface area contributed by atoms with Gasteiger partial charge in [-0.3, -0.25) is 4.79 Å². The number of thiophene rings is 1. The van der Waals surface area contributed by atoms with E-state index in [1.54, 1.807) is 32.0 Å². The van der Waals surface area contributed by atoms with Gasteiger partial charge in [0.15, 0.2) is 6.10 Å². The molecule has 0 saturated carbocycles. The van der Waals surface area contributed by atoms with E-state index in [0.717, 1.165) is 35.3 Å². The van der Waals surface area contributed by atoms with Gasteiger partial charge in [0.2, 0.25) is 0 Å². The molecule has 7 heteroatoms. The summed E-state index contributed by atoms with van der Waals surface area (Å²) in [7, 11) is 0. The van der Waals surface area contributed by atoms with Crippen LogP contribution in [0.5, 0.6) is 5.75 Å². The lowest BCUT2D eigenvalue weighted by atomic mass is 9.72. The first-order chi connectivity index (χ1) is 15.0. The fourth-order valence-electron chi connectivity index (χ4n) is 4.03. The number of halogens is 1. The molecule has 2 aromatic rings. The average molecular weight is 478 g/mol. The van der Waals surface area contributed by atoms with Crippen molar-refractivity contribution in [1.82, 2.24) is 0 Å². The molecule has 0 unspecified atom stereocenters. The van der Waals surface area contributed by atoms with E-state index in [-0.39, 0.29) is 23.9 Å². The number of benzene rings is 1. The number of amides is 1. The summed E-state index contributed by atoms with van der Waals surface area (Å²) in [5, 5.41) is 4.11. The fraction of sp³-hybridized carbons (Fsp3) is 0.520. The second-order valence-electron chi connectivity index (χ2n) is 9.39. The Hall–Kier alpha value is -2.05. The number of anilines is 1. The third-order valence-corrected chi connectivity index (χ3v) is 7.42. The van der Waals surface area contributed by atoms with Gasteiger partial charge in [-0.25, -0.2) is 4.79 Å². The molecule has 0 spiro atoms. The van der Waals surface area contributed by atoms with Gasteiger partial charge in [-0.1, -0.05) is 32.4 Å². The predicted molar refractivity (Wildman–Crippen MR) is 130 cm³/mol. The first-order valence-electron chi connectivity index (χ1n) is 11.1. The smallest absolute Gasteiger partial charge is 0.341 e. The molecule has 1 heterocycles. The number of rotatable bonds is 6. The van der Waals surface area contributed by atoms with Crippen LogP contribution in [0.3, 0.4) is 0 Å². The lowest BCUT2D eigenvalue weighted by Gasteiger charge is -2.33. The molecule has 0 saturated heterocycles. The SMILES string of the molecule is CCOC(=O)c1c(NC(=O)[C@@H](C)Oc2ccc(Cl)cc2C)sc2c1CC[C@@H](C(C)(C)C)C2. The molecule has 2 atom stereocenters. The van der Waals surface area contributed by atoms with E-state index in [1.165, 1.54) is 11.3 Å². The van der Waals surface area contributed by atoms with Gasteiger partial charge in [-0.2, -0.15) is 0 Å². The average Bonchev–Trinajstić information content (AvgIpc) is 3.06. The minimum Gasteiger partial charge on any atom is -0.481 e. The summed E-state index contributed by atoms with van der Waals surface area (Å²) >= 11 is 7.49. The summed E-state index contributed by atoms with van der Waals surface area (Å²) in [4.78, 5) is 26.9. The molecule has 5 nitrogen and oxygen atoms in total. The summed E-state index contributed by atoms with van der Waals surface area (Å²) < 4.78 is 11.2. The number of fused-ring (bicyclic) bond motifs is 1. The molecule has 3 rings (SSSR count). The first-order valence-corrected chi connectivity index (χ1v) is 12.3. The second-order valence-corrected chi connectivity index (χ2v) is 10.9. The van der Waals surface area contributed by atoms with Gasteiger partial charge in [-0.15, -0.1) is 11.3 Å². The molecule has 1 aliphatic rings. The maximum Gasteiger partial charge on any atom is 0.341 e. The van der Waals surface area contributed by atoms with Crippen LogP contribution in [0.2, 0.25) is 5.02 Å². The van der Waals surface area contributed by atoms with Crippen molar-refractivity contribution in [1.29, 1.82) is 0 Å². The Morgan fingerprint density at radius 3 is 2.66 bits per heavy atom. The highest BCUT2D eigenvalue weighted by Gasteiger charge is 2.34. The van der Waals surface area contributed by atoms with E-state index in [4.69, 9.17) is 21.1 Å². The number of hydrogen-bond donors (Lipinski definition) is 1. The van der Waals surface area contributed by atoms with E-state index >= 15 is 0 Å². The maximum absolute atomic E-state index is 13.0. The van der Waals surface area contributed by atoms with Crippen LogP contribution in [-0.2, 0) is 22.4 Å². The van der Waals surface area contributed by atoms with Gasteiger partial charge in [0.05, 0.1) is 12.2 Å². The van der Waals surface area contributed by atoms with Crippen molar-refractivity contribution >= 4 is 39.8 Å². The van der Waals surface area contributed by atoms with Crippen LogP contribution in [0.4, 0.5) is 5.00 Å². The van der Waals surface area contributed by atoms with E-state index in [1.807, 2.05) is 6.92 Å². The first kappa shape index (κ1) is 24.6. The number of ether oxygens (including phenoxy) is 2. The zero-order chi connectivity index (χ0) is 23.6. The summed E-state index contributed by atoms with van der Waals surface area (Å²) in [6.07, 6.45) is 1.99. The number of nitrogens with one attached hydrogen (secondary N) is 1. The summed E-state index contributed by atoms with van der Waals surface area (Å²) in [5.74, 6) is 0.441. The Labute approximate surface area is 199 Å². The van der Waals surface area contributed by atoms with E-state index < -0.39 is 6.10 Å². The third kappa shape index (κ3) is 5.46. The van der Waals surface area contributed by atoms with Crippen molar-refractivity contribution in [2.75, 3.05) is 11.9 Å². The number of aryl methyl sites for hydroxylation is 1. The molecule has 0 fully saturated rings. The summed E-state index contributed by atoms with van der Waals surface area (Å²) in [5.41, 5.74) is 2.56. The molecular formula is C25H32ClNO4S. The summed E-state index contributed by atoms with van der Waals surface area (Å²) in [6, 6.07) is 5.27. The Balaban J connectivity index is 1.84. The Bertz CT molecular complexity index is 1010. The molecule has 1 aliphatic carbocycles. The van der Waals surface area contributed by atoms with Crippen molar-refractivity contribution in [3.63, 3.8) is 0 Å². The lowest BCUT2D eigenvalue weighted by Crippen LogP contribution is -2.30. The van der Waals surface area contributed by atoms with Crippen LogP contribution < -0.4 is 10.1 Å². The molecule has 0 aliphatic heterocycles. The number of hydrogen-bond acceptors (Lipinski definition) is 5. The largest absolute Gasteiger partial charge is 0.481 e. The van der Waals surface area contributed by atoms with Crippen molar-refractivity contribution < 1.29 is 19.1 Å². The molecule has 1 aromatic carbocycles. The highest BCUT2D eigenvalue weighted by Crippen LogP contribution is 2.44. The Morgan fingerprint density at radius 2 is 2.03 bits per heavy atom. The van der Waals surface area contributed by atoms with Crippen molar-refractivity contribution in [2.45, 2.75) is 66.9 Å². The Morgan fingerprint density at radius 1 is 1.31 bits per heavy atom. The fourth-order valence-corrected chi connectivity index (χ4v) is 5.58. The number of carbonyl (C=O) groups is 2. The van der Waals surface area contributed by atoms with Gasteiger partial charge in [0, 0.05) is 9.90 Å². The molecule has 32 heavy (non-hydrogen) atoms. The maximum atomic E-state index is 13.0. The highest BCUT2D eigenvalue weighted by molar-refractivity contribution is 7.17. The summed E-state index contributed by atoms with van der Waals surface area (Å²) in [6.45, 7) is 12.4. The molecule has 1 amide bonds. The molecule has 0 radical (unpaired) electrons. The van der Waals surface area contributed by atoms with E-state index in [0.29, 0.717) is 27.3 Å². The van der Waals surface area contributed by atoms with Crippen LogP contribution in [0.15, 0.2) is 18.2 Å². The molecule has 1 aromatic heterocycles. The van der Waals surface area contributed by atoms with Crippen LogP contribution in [0.1, 0.15) is 67.4 Å². The molecule has 174 valence electrons. The minimum absolute atomic E-state index is 0.188. The van der Waals surface area contributed by atoms with Crippen molar-refractivity contribution in [3.05, 3.63) is 44.8 Å². The van der Waals surface area contributed by atoms with Crippen LogP contribution in [0.25, 0.3) is 0 Å². The minimum atomic E-state index is -0.744. The normalized spacial score (nSPS) is 16.8. The van der Waals surface area contributed by atoms with Crippen molar-refractivity contribution in [2.24, 2.45) is 11.3 Å². The van der Waals surface area contributed by atoms with Gasteiger partial charge in [0.25, 0.3) is 5.91 Å². The zero-order valence-corrected chi connectivity index (χ0v) is 21.2. The van der Waals surface area contributed by atoms with E-state index in [9.17, 15) is 9.59 Å². The zero-order valence-electron chi connectivity index (χ0n) is 19.6. The molecule has 0 bridgehead atoms. The second kappa shape index (κ2) is 9.84. The van der Waals surface area contributed by atoms with Crippen LogP contribution in [0, 0.1) is 18.3 Å². The highest BCUT2D eigenvalue weighted by atomic mass is 35.5. The van der Waals surface area contributed by atoms with Gasteiger partial charge >= 0.3 is 5.97 Å².